The summed E-state index contributed by atoms with van der Waals surface area (Å²) in [5, 5.41) is 0. The van der Waals surface area contributed by atoms with Gasteiger partial charge in [0.2, 0.25) is 0 Å². The molecule has 0 radical (unpaired) electrons. The molecule has 1 heterocycles. The molecule has 1 N–H and O–H groups in total. The monoisotopic (exact) mass is 406 g/mol. The first-order valence-electron chi connectivity index (χ1n) is 9.47. The van der Waals surface area contributed by atoms with E-state index in [1.165, 1.54) is 0 Å². The van der Waals surface area contributed by atoms with E-state index in [4.69, 9.17) is 0 Å². The van der Waals surface area contributed by atoms with Crippen molar-refractivity contribution >= 4 is 27.3 Å². The summed E-state index contributed by atoms with van der Waals surface area (Å²) in [5.74, 6) is -0.0782. The standard InChI is InChI=1S/C23H22N2O3S/c1-16-8-6-7-11-21(16)24-29(27,28)20-12-13-22-19(15-20)14-17(2)25(22)23(26)18-9-4-3-5-10-18/h3-13,15,17,24H,14H2,1-2H3/t17-/m0/s1. The molecule has 148 valence electrons. The van der Waals surface area contributed by atoms with Crippen molar-refractivity contribution in [2.45, 2.75) is 31.2 Å². The van der Waals surface area contributed by atoms with Gasteiger partial charge in [-0.15, -0.1) is 0 Å². The molecule has 0 aliphatic carbocycles. The molecular weight excluding hydrogens is 384 g/mol. The van der Waals surface area contributed by atoms with Gasteiger partial charge in [0.15, 0.2) is 0 Å². The predicted molar refractivity (Wildman–Crippen MR) is 115 cm³/mol. The number of carbonyl (C=O) groups excluding carboxylic acids is 1. The van der Waals surface area contributed by atoms with E-state index in [9.17, 15) is 13.2 Å². The molecule has 1 amide bonds. The first-order valence-corrected chi connectivity index (χ1v) is 10.9. The van der Waals surface area contributed by atoms with Crippen molar-refractivity contribution in [2.24, 2.45) is 0 Å². The molecule has 3 aromatic rings. The Morgan fingerprint density at radius 3 is 2.41 bits per heavy atom. The van der Waals surface area contributed by atoms with Crippen molar-refractivity contribution in [3.63, 3.8) is 0 Å². The van der Waals surface area contributed by atoms with Crippen LogP contribution in [-0.4, -0.2) is 20.4 Å². The highest BCUT2D eigenvalue weighted by Crippen LogP contribution is 2.35. The van der Waals surface area contributed by atoms with Crippen LogP contribution in [0.1, 0.15) is 28.4 Å². The smallest absolute Gasteiger partial charge is 0.261 e. The first-order chi connectivity index (χ1) is 13.9. The van der Waals surface area contributed by atoms with E-state index >= 15 is 0 Å². The lowest BCUT2D eigenvalue weighted by Crippen LogP contribution is -2.35. The number of anilines is 2. The molecule has 0 unspecified atom stereocenters. The minimum absolute atomic E-state index is 0.0417. The van der Waals surface area contributed by atoms with E-state index in [1.54, 1.807) is 47.4 Å². The Balaban J connectivity index is 1.65. The lowest BCUT2D eigenvalue weighted by molar-refractivity contribution is 0.0981. The number of para-hydroxylation sites is 1. The molecule has 0 saturated heterocycles. The van der Waals surface area contributed by atoms with E-state index in [1.807, 2.05) is 44.2 Å². The maximum absolute atomic E-state index is 13.0. The highest BCUT2D eigenvalue weighted by Gasteiger charge is 2.32. The molecule has 1 atom stereocenters. The summed E-state index contributed by atoms with van der Waals surface area (Å²) in [6.45, 7) is 3.83. The van der Waals surface area contributed by atoms with Crippen LogP contribution in [0.2, 0.25) is 0 Å². The Hall–Kier alpha value is -3.12. The van der Waals surface area contributed by atoms with E-state index < -0.39 is 10.0 Å². The highest BCUT2D eigenvalue weighted by atomic mass is 32.2. The third-order valence-corrected chi connectivity index (χ3v) is 6.57. The zero-order chi connectivity index (χ0) is 20.6. The number of rotatable bonds is 4. The SMILES string of the molecule is Cc1ccccc1NS(=O)(=O)c1ccc2c(c1)C[C@H](C)N2C(=O)c1ccccc1. The molecular formula is C23H22N2O3S. The van der Waals surface area contributed by atoms with Crippen LogP contribution in [0.3, 0.4) is 0 Å². The molecule has 5 nitrogen and oxygen atoms in total. The van der Waals surface area contributed by atoms with Crippen LogP contribution in [0.25, 0.3) is 0 Å². The van der Waals surface area contributed by atoms with E-state index in [2.05, 4.69) is 4.72 Å². The summed E-state index contributed by atoms with van der Waals surface area (Å²) in [4.78, 5) is 14.9. The van der Waals surface area contributed by atoms with Crippen molar-refractivity contribution in [3.8, 4) is 0 Å². The van der Waals surface area contributed by atoms with Crippen molar-refractivity contribution in [3.05, 3.63) is 89.5 Å². The number of amides is 1. The number of carbonyl (C=O) groups is 1. The average molecular weight is 407 g/mol. The van der Waals surface area contributed by atoms with Crippen molar-refractivity contribution in [2.75, 3.05) is 9.62 Å². The molecule has 0 fully saturated rings. The quantitative estimate of drug-likeness (QED) is 0.699. The number of hydrogen-bond acceptors (Lipinski definition) is 3. The topological polar surface area (TPSA) is 66.5 Å². The summed E-state index contributed by atoms with van der Waals surface area (Å²) in [6.07, 6.45) is 0.613. The fourth-order valence-corrected chi connectivity index (χ4v) is 4.88. The van der Waals surface area contributed by atoms with Crippen LogP contribution in [0, 0.1) is 6.92 Å². The summed E-state index contributed by atoms with van der Waals surface area (Å²) in [6, 6.07) is 21.3. The molecule has 0 spiro atoms. The second-order valence-electron chi connectivity index (χ2n) is 7.31. The number of nitrogens with zero attached hydrogens (tertiary/aromatic N) is 1. The van der Waals surface area contributed by atoms with Crippen LogP contribution in [0.15, 0.2) is 77.7 Å². The predicted octanol–water partition coefficient (Wildman–Crippen LogP) is 4.39. The van der Waals surface area contributed by atoms with Gasteiger partial charge in [0, 0.05) is 17.3 Å². The van der Waals surface area contributed by atoms with Crippen LogP contribution < -0.4 is 9.62 Å². The lowest BCUT2D eigenvalue weighted by Gasteiger charge is -2.23. The van der Waals surface area contributed by atoms with Gasteiger partial charge in [-0.05, 0) is 67.8 Å². The minimum atomic E-state index is -3.72. The Morgan fingerprint density at radius 1 is 1.00 bits per heavy atom. The molecule has 6 heteroatoms. The molecule has 3 aromatic carbocycles. The molecule has 29 heavy (non-hydrogen) atoms. The zero-order valence-corrected chi connectivity index (χ0v) is 17.1. The summed E-state index contributed by atoms with van der Waals surface area (Å²) >= 11 is 0. The van der Waals surface area contributed by atoms with Gasteiger partial charge in [-0.3, -0.25) is 9.52 Å². The first kappa shape index (κ1) is 19.2. The van der Waals surface area contributed by atoms with Gasteiger partial charge in [-0.25, -0.2) is 8.42 Å². The molecule has 1 aliphatic heterocycles. The second kappa shape index (κ2) is 7.37. The van der Waals surface area contributed by atoms with Crippen molar-refractivity contribution in [1.29, 1.82) is 0 Å². The summed E-state index contributed by atoms with van der Waals surface area (Å²) < 4.78 is 28.4. The number of sulfonamides is 1. The van der Waals surface area contributed by atoms with Gasteiger partial charge in [0.05, 0.1) is 10.6 Å². The number of aryl methyl sites for hydroxylation is 1. The van der Waals surface area contributed by atoms with Gasteiger partial charge in [0.1, 0.15) is 0 Å². The molecule has 0 aromatic heterocycles. The van der Waals surface area contributed by atoms with Gasteiger partial charge < -0.3 is 4.90 Å². The van der Waals surface area contributed by atoms with Crippen molar-refractivity contribution < 1.29 is 13.2 Å². The second-order valence-corrected chi connectivity index (χ2v) is 8.99. The van der Waals surface area contributed by atoms with Gasteiger partial charge in [-0.1, -0.05) is 36.4 Å². The summed E-state index contributed by atoms with van der Waals surface area (Å²) in [7, 11) is -3.72. The van der Waals surface area contributed by atoms with Gasteiger partial charge in [0.25, 0.3) is 15.9 Å². The van der Waals surface area contributed by atoms with Gasteiger partial charge in [-0.2, -0.15) is 0 Å². The van der Waals surface area contributed by atoms with Crippen LogP contribution in [0.5, 0.6) is 0 Å². The van der Waals surface area contributed by atoms with E-state index in [-0.39, 0.29) is 16.8 Å². The van der Waals surface area contributed by atoms with Gasteiger partial charge >= 0.3 is 0 Å². The molecule has 4 rings (SSSR count). The Morgan fingerprint density at radius 2 is 1.69 bits per heavy atom. The Labute approximate surface area is 171 Å². The Kier molecular flexibility index (Phi) is 4.88. The van der Waals surface area contributed by atoms with E-state index in [0.717, 1.165) is 16.8 Å². The van der Waals surface area contributed by atoms with Crippen LogP contribution >= 0.6 is 0 Å². The van der Waals surface area contributed by atoms with Crippen molar-refractivity contribution in [1.82, 2.24) is 0 Å². The molecule has 1 aliphatic rings. The number of hydrogen-bond donors (Lipinski definition) is 1. The van der Waals surface area contributed by atoms with Crippen LogP contribution in [0.4, 0.5) is 11.4 Å². The molecule has 0 bridgehead atoms. The minimum Gasteiger partial charge on any atom is -0.305 e. The number of nitrogens with one attached hydrogen (secondary N) is 1. The summed E-state index contributed by atoms with van der Waals surface area (Å²) in [5.41, 5.74) is 3.65. The number of fused-ring (bicyclic) bond motifs is 1. The Bertz CT molecular complexity index is 1170. The fraction of sp³-hybridized carbons (Fsp3) is 0.174. The normalized spacial score (nSPS) is 15.8. The highest BCUT2D eigenvalue weighted by molar-refractivity contribution is 7.92. The fourth-order valence-electron chi connectivity index (χ4n) is 3.70. The third kappa shape index (κ3) is 3.63. The third-order valence-electron chi connectivity index (χ3n) is 5.21. The zero-order valence-electron chi connectivity index (χ0n) is 16.3. The maximum atomic E-state index is 13.0. The van der Waals surface area contributed by atoms with E-state index in [0.29, 0.717) is 17.7 Å². The maximum Gasteiger partial charge on any atom is 0.261 e. The largest absolute Gasteiger partial charge is 0.305 e. The molecule has 0 saturated carbocycles. The average Bonchev–Trinajstić information content (AvgIpc) is 3.04. The van der Waals surface area contributed by atoms with Crippen LogP contribution in [-0.2, 0) is 16.4 Å². The lowest BCUT2D eigenvalue weighted by atomic mass is 10.1. The number of benzene rings is 3.